The fraction of sp³-hybridized carbons (Fsp3) is 0.600. The van der Waals surface area contributed by atoms with E-state index in [0.29, 0.717) is 12.8 Å². The van der Waals surface area contributed by atoms with Crippen molar-refractivity contribution in [2.45, 2.75) is 52.7 Å². The van der Waals surface area contributed by atoms with E-state index in [1.54, 1.807) is 6.08 Å². The average Bonchev–Trinajstić information content (AvgIpc) is 2.26. The summed E-state index contributed by atoms with van der Waals surface area (Å²) in [6, 6.07) is 0. The number of rotatable bonds is 8. The van der Waals surface area contributed by atoms with Gasteiger partial charge in [0, 0.05) is 26.7 Å². The summed E-state index contributed by atoms with van der Waals surface area (Å²) in [5.41, 5.74) is 0. The highest BCUT2D eigenvalue weighted by Gasteiger charge is 2.15. The third-order valence-electron chi connectivity index (χ3n) is 2.50. The smallest absolute Gasteiger partial charge is 0.303 e. The molecule has 0 N–H and O–H groups in total. The van der Waals surface area contributed by atoms with Crippen LogP contribution in [0.5, 0.6) is 0 Å². The van der Waals surface area contributed by atoms with Gasteiger partial charge in [0.05, 0.1) is 0 Å². The first-order valence-electron chi connectivity index (χ1n) is 6.48. The van der Waals surface area contributed by atoms with E-state index in [0.717, 1.165) is 0 Å². The van der Waals surface area contributed by atoms with Gasteiger partial charge in [0.2, 0.25) is 0 Å². The lowest BCUT2D eigenvalue weighted by atomic mass is 10.0. The van der Waals surface area contributed by atoms with Crippen molar-refractivity contribution in [1.29, 1.82) is 0 Å². The van der Waals surface area contributed by atoms with Gasteiger partial charge in [0.1, 0.15) is 12.2 Å². The van der Waals surface area contributed by atoms with E-state index in [1.165, 1.54) is 13.8 Å². The lowest BCUT2D eigenvalue weighted by molar-refractivity contribution is -0.148. The summed E-state index contributed by atoms with van der Waals surface area (Å²) >= 11 is 0. The number of esters is 2. The van der Waals surface area contributed by atoms with E-state index in [-0.39, 0.29) is 30.1 Å². The highest BCUT2D eigenvalue weighted by molar-refractivity contribution is 5.66. The van der Waals surface area contributed by atoms with Crippen molar-refractivity contribution in [3.63, 3.8) is 0 Å². The van der Waals surface area contributed by atoms with E-state index < -0.39 is 0 Å². The fourth-order valence-corrected chi connectivity index (χ4v) is 1.58. The molecule has 0 aliphatic carbocycles. The molecule has 0 spiro atoms. The van der Waals surface area contributed by atoms with E-state index in [2.05, 4.69) is 6.58 Å². The van der Waals surface area contributed by atoms with Crippen LogP contribution in [-0.2, 0) is 19.1 Å². The number of hydrogen-bond acceptors (Lipinski definition) is 4. The molecule has 108 valence electrons. The Morgan fingerprint density at radius 1 is 1.11 bits per heavy atom. The van der Waals surface area contributed by atoms with Gasteiger partial charge in [-0.3, -0.25) is 9.59 Å². The summed E-state index contributed by atoms with van der Waals surface area (Å²) in [6.45, 7) is 10.4. The predicted molar refractivity (Wildman–Crippen MR) is 74.5 cm³/mol. The molecule has 0 radical (unpaired) electrons. The van der Waals surface area contributed by atoms with E-state index in [9.17, 15) is 9.59 Å². The zero-order valence-electron chi connectivity index (χ0n) is 12.2. The van der Waals surface area contributed by atoms with Gasteiger partial charge < -0.3 is 9.47 Å². The van der Waals surface area contributed by atoms with Crippen LogP contribution in [0.4, 0.5) is 0 Å². The number of hydrogen-bond donors (Lipinski definition) is 0. The van der Waals surface area contributed by atoms with Crippen molar-refractivity contribution in [3.8, 4) is 0 Å². The zero-order valence-corrected chi connectivity index (χ0v) is 12.2. The Labute approximate surface area is 115 Å². The van der Waals surface area contributed by atoms with Crippen molar-refractivity contribution in [1.82, 2.24) is 0 Å². The zero-order chi connectivity index (χ0) is 14.8. The normalized spacial score (nSPS) is 14.2. The van der Waals surface area contributed by atoms with E-state index in [4.69, 9.17) is 9.47 Å². The molecule has 2 atom stereocenters. The molecule has 0 rings (SSSR count). The van der Waals surface area contributed by atoms with Gasteiger partial charge in [0.25, 0.3) is 0 Å². The van der Waals surface area contributed by atoms with E-state index in [1.807, 2.05) is 26.0 Å². The Morgan fingerprint density at radius 3 is 2.11 bits per heavy atom. The first-order valence-corrected chi connectivity index (χ1v) is 6.48. The van der Waals surface area contributed by atoms with Crippen LogP contribution in [0.1, 0.15) is 40.5 Å². The van der Waals surface area contributed by atoms with Gasteiger partial charge >= 0.3 is 11.9 Å². The highest BCUT2D eigenvalue weighted by atomic mass is 16.5. The Morgan fingerprint density at radius 2 is 1.68 bits per heavy atom. The Balaban J connectivity index is 4.43. The molecule has 0 aliphatic rings. The molecular weight excluding hydrogens is 244 g/mol. The predicted octanol–water partition coefficient (Wildman–Crippen LogP) is 3.03. The Bertz CT molecular complexity index is 331. The molecule has 0 aromatic rings. The van der Waals surface area contributed by atoms with Crippen molar-refractivity contribution < 1.29 is 19.1 Å². The average molecular weight is 268 g/mol. The number of carbonyl (C=O) groups excluding carboxylic acids is 2. The molecule has 0 heterocycles. The summed E-state index contributed by atoms with van der Waals surface area (Å²) in [6.07, 6.45) is 6.09. The highest BCUT2D eigenvalue weighted by Crippen LogP contribution is 2.13. The quantitative estimate of drug-likeness (QED) is 0.501. The Hall–Kier alpha value is -1.58. The molecule has 4 nitrogen and oxygen atoms in total. The summed E-state index contributed by atoms with van der Waals surface area (Å²) < 4.78 is 10.3. The topological polar surface area (TPSA) is 52.6 Å². The maximum absolute atomic E-state index is 11.0. The van der Waals surface area contributed by atoms with Crippen LogP contribution >= 0.6 is 0 Å². The number of carbonyl (C=O) groups is 2. The summed E-state index contributed by atoms with van der Waals surface area (Å²) in [4.78, 5) is 21.9. The van der Waals surface area contributed by atoms with Crippen LogP contribution in [0.2, 0.25) is 0 Å². The lowest BCUT2D eigenvalue weighted by Gasteiger charge is -2.19. The minimum Gasteiger partial charge on any atom is -0.462 e. The van der Waals surface area contributed by atoms with Crippen molar-refractivity contribution in [2.24, 2.45) is 5.92 Å². The minimum atomic E-state index is -0.322. The van der Waals surface area contributed by atoms with Gasteiger partial charge in [-0.05, 0) is 12.0 Å². The molecule has 19 heavy (non-hydrogen) atoms. The maximum Gasteiger partial charge on any atom is 0.303 e. The molecule has 0 amide bonds. The Kier molecular flexibility index (Phi) is 8.58. The molecule has 0 saturated heterocycles. The molecule has 0 saturated carbocycles. The lowest BCUT2D eigenvalue weighted by Crippen LogP contribution is -2.22. The van der Waals surface area contributed by atoms with Crippen molar-refractivity contribution in [3.05, 3.63) is 24.8 Å². The summed E-state index contributed by atoms with van der Waals surface area (Å²) in [5, 5.41) is 0. The minimum absolute atomic E-state index is 0.157. The van der Waals surface area contributed by atoms with Gasteiger partial charge in [0.15, 0.2) is 0 Å². The van der Waals surface area contributed by atoms with Gasteiger partial charge in [-0.25, -0.2) is 0 Å². The first kappa shape index (κ1) is 17.4. The van der Waals surface area contributed by atoms with Crippen LogP contribution in [0.15, 0.2) is 24.8 Å². The molecule has 4 heteroatoms. The molecular formula is C15H24O4. The molecule has 0 aromatic heterocycles. The van der Waals surface area contributed by atoms with Gasteiger partial charge in [-0.15, -0.1) is 6.58 Å². The maximum atomic E-state index is 11.0. The van der Waals surface area contributed by atoms with Gasteiger partial charge in [-0.1, -0.05) is 26.0 Å². The molecule has 0 aliphatic heterocycles. The third kappa shape index (κ3) is 9.05. The summed E-state index contributed by atoms with van der Waals surface area (Å²) in [5.74, 6) is -0.369. The first-order chi connectivity index (χ1) is 8.86. The fourth-order valence-electron chi connectivity index (χ4n) is 1.58. The van der Waals surface area contributed by atoms with Crippen molar-refractivity contribution in [2.75, 3.05) is 0 Å². The second-order valence-electron chi connectivity index (χ2n) is 4.73. The van der Waals surface area contributed by atoms with E-state index >= 15 is 0 Å². The largest absolute Gasteiger partial charge is 0.462 e. The SMILES string of the molecule is C=CC[C@H](/C=C/C[C@H](OC(C)=O)C(C)C)OC(C)=O. The molecule has 0 fully saturated rings. The van der Waals surface area contributed by atoms with Crippen LogP contribution < -0.4 is 0 Å². The second kappa shape index (κ2) is 9.36. The second-order valence-corrected chi connectivity index (χ2v) is 4.73. The number of ether oxygens (including phenoxy) is 2. The third-order valence-corrected chi connectivity index (χ3v) is 2.50. The molecule has 0 unspecified atom stereocenters. The van der Waals surface area contributed by atoms with Crippen LogP contribution in [0.25, 0.3) is 0 Å². The molecule has 0 bridgehead atoms. The van der Waals surface area contributed by atoms with Gasteiger partial charge in [-0.2, -0.15) is 0 Å². The van der Waals surface area contributed by atoms with Crippen molar-refractivity contribution >= 4 is 11.9 Å². The van der Waals surface area contributed by atoms with Crippen LogP contribution in [0, 0.1) is 5.92 Å². The monoisotopic (exact) mass is 268 g/mol. The molecule has 0 aromatic carbocycles. The summed E-state index contributed by atoms with van der Waals surface area (Å²) in [7, 11) is 0. The van der Waals surface area contributed by atoms with Crippen LogP contribution in [0.3, 0.4) is 0 Å². The van der Waals surface area contributed by atoms with Crippen LogP contribution in [-0.4, -0.2) is 24.1 Å². The standard InChI is InChI=1S/C15H24O4/c1-6-8-14(18-12(4)16)9-7-10-15(11(2)3)19-13(5)17/h6-7,9,11,14-15H,1,8,10H2,2-5H3/b9-7+/t14-,15+/m1/s1.